The molecule has 0 radical (unpaired) electrons. The van der Waals surface area contributed by atoms with E-state index < -0.39 is 5.91 Å². The lowest BCUT2D eigenvalue weighted by atomic mass is 9.53. The first-order chi connectivity index (χ1) is 15.0. The van der Waals surface area contributed by atoms with E-state index in [1.54, 1.807) is 20.8 Å². The van der Waals surface area contributed by atoms with E-state index in [-0.39, 0.29) is 30.1 Å². The number of amides is 1. The van der Waals surface area contributed by atoms with Crippen molar-refractivity contribution in [3.05, 3.63) is 46.3 Å². The highest BCUT2D eigenvalue weighted by Gasteiger charge is 2.53. The molecule has 4 aliphatic carbocycles. The second-order valence-electron chi connectivity index (χ2n) is 9.83. The van der Waals surface area contributed by atoms with Gasteiger partial charge in [0.05, 0.1) is 23.5 Å². The van der Waals surface area contributed by atoms with Crippen LogP contribution in [-0.2, 0) is 23.3 Å². The first kappa shape index (κ1) is 20.3. The van der Waals surface area contributed by atoms with Crippen LogP contribution in [0.2, 0.25) is 0 Å². The maximum atomic E-state index is 13.7. The third-order valence-corrected chi connectivity index (χ3v) is 7.69. The number of aromatic hydroxyl groups is 1. The lowest BCUT2D eigenvalue weighted by molar-refractivity contribution is -0.129. The molecule has 1 amide bonds. The molecule has 4 saturated carbocycles. The fourth-order valence-corrected chi connectivity index (χ4v) is 6.88. The first-order valence-corrected chi connectivity index (χ1v) is 11.4. The normalized spacial score (nSPS) is 28.7. The number of pyridine rings is 1. The number of hydrogen-bond donors (Lipinski definition) is 3. The van der Waals surface area contributed by atoms with Crippen molar-refractivity contribution in [2.45, 2.75) is 69.9 Å². The minimum Gasteiger partial charge on any atom is -0.493 e. The molecule has 4 fully saturated rings. The van der Waals surface area contributed by atoms with Gasteiger partial charge in [0.2, 0.25) is 11.8 Å². The average Bonchev–Trinajstić information content (AvgIpc) is 2.97. The molecule has 2 aromatic rings. The Balaban J connectivity index is 1.53. The number of nitrogens with one attached hydrogen (secondary N) is 1. The van der Waals surface area contributed by atoms with Crippen LogP contribution in [0.3, 0.4) is 0 Å². The molecular formula is C23H30N4O4. The molecule has 0 aromatic carbocycles. The zero-order valence-corrected chi connectivity index (χ0v) is 17.7. The van der Waals surface area contributed by atoms with Crippen molar-refractivity contribution in [1.82, 2.24) is 19.6 Å². The lowest BCUT2D eigenvalue weighted by Gasteiger charge is -2.56. The smallest absolute Gasteiger partial charge is 0.332 e. The first-order valence-electron chi connectivity index (χ1n) is 11.4. The van der Waals surface area contributed by atoms with Crippen molar-refractivity contribution in [1.29, 1.82) is 0 Å². The topological polar surface area (TPSA) is 109 Å². The summed E-state index contributed by atoms with van der Waals surface area (Å²) < 4.78 is 3.33. The van der Waals surface area contributed by atoms with Crippen LogP contribution in [0.25, 0.3) is 0 Å². The molecule has 8 heteroatoms. The standard InChI is InChI=1S/C23H30N4O4/c28-20(25-31)6-3-5-19-21(29)27(22(30)26(19)14-18-4-1-2-7-24-18)23-11-15-8-16(12-23)10-17(9-15)13-23/h1-2,4,7,15-17,29,31H,3,5-6,8-14H2,(H,25,28). The van der Waals surface area contributed by atoms with E-state index in [1.807, 2.05) is 18.2 Å². The van der Waals surface area contributed by atoms with Gasteiger partial charge in [0.15, 0.2) is 0 Å². The summed E-state index contributed by atoms with van der Waals surface area (Å²) in [6.45, 7) is 0.286. The molecule has 4 bridgehead atoms. The Morgan fingerprint density at radius 3 is 2.42 bits per heavy atom. The highest BCUT2D eigenvalue weighted by atomic mass is 16.5. The number of hydrogen-bond acceptors (Lipinski definition) is 5. The van der Waals surface area contributed by atoms with Gasteiger partial charge in [-0.3, -0.25) is 24.1 Å². The van der Waals surface area contributed by atoms with Gasteiger partial charge in [0, 0.05) is 12.6 Å². The summed E-state index contributed by atoms with van der Waals surface area (Å²) in [7, 11) is 0. The lowest BCUT2D eigenvalue weighted by Crippen LogP contribution is -2.54. The third-order valence-electron chi connectivity index (χ3n) is 7.69. The predicted molar refractivity (Wildman–Crippen MR) is 113 cm³/mol. The zero-order valence-electron chi connectivity index (χ0n) is 17.7. The Hall–Kier alpha value is -2.61. The summed E-state index contributed by atoms with van der Waals surface area (Å²) >= 11 is 0. The van der Waals surface area contributed by atoms with Crippen molar-refractivity contribution in [3.63, 3.8) is 0 Å². The number of aromatic nitrogens is 3. The molecule has 8 nitrogen and oxygen atoms in total. The molecule has 0 aliphatic heterocycles. The molecule has 3 N–H and O–H groups in total. The monoisotopic (exact) mass is 426 g/mol. The second-order valence-corrected chi connectivity index (χ2v) is 9.83. The van der Waals surface area contributed by atoms with Crippen molar-refractivity contribution < 1.29 is 15.1 Å². The SMILES string of the molecule is O=C(CCCc1c(O)n(C23CC4CC(CC(C4)C2)C3)c(=O)n1Cc1ccccn1)NO. The zero-order chi connectivity index (χ0) is 21.6. The molecular weight excluding hydrogens is 396 g/mol. The van der Waals surface area contributed by atoms with E-state index >= 15 is 0 Å². The van der Waals surface area contributed by atoms with Gasteiger partial charge in [-0.2, -0.15) is 0 Å². The van der Waals surface area contributed by atoms with Crippen LogP contribution >= 0.6 is 0 Å². The maximum absolute atomic E-state index is 13.7. The number of carbonyl (C=O) groups is 1. The van der Waals surface area contributed by atoms with Crippen LogP contribution in [-0.4, -0.2) is 30.3 Å². The quantitative estimate of drug-likeness (QED) is 0.466. The van der Waals surface area contributed by atoms with E-state index in [1.165, 1.54) is 19.3 Å². The molecule has 0 unspecified atom stereocenters. The molecule has 6 rings (SSSR count). The maximum Gasteiger partial charge on any atom is 0.332 e. The Labute approximate surface area is 180 Å². The summed E-state index contributed by atoms with van der Waals surface area (Å²) in [6.07, 6.45) is 9.28. The van der Waals surface area contributed by atoms with E-state index in [4.69, 9.17) is 5.21 Å². The number of rotatable bonds is 7. The second kappa shape index (κ2) is 7.82. The highest BCUT2D eigenvalue weighted by molar-refractivity contribution is 5.74. The van der Waals surface area contributed by atoms with Crippen molar-refractivity contribution in [2.75, 3.05) is 0 Å². The van der Waals surface area contributed by atoms with E-state index in [0.29, 0.717) is 36.3 Å². The molecule has 0 spiro atoms. The molecule has 4 aliphatic rings. The van der Waals surface area contributed by atoms with Crippen LogP contribution in [0.15, 0.2) is 29.2 Å². The minimum atomic E-state index is -0.473. The number of nitrogens with zero attached hydrogens (tertiary/aromatic N) is 3. The van der Waals surface area contributed by atoms with E-state index in [9.17, 15) is 14.7 Å². The van der Waals surface area contributed by atoms with Crippen LogP contribution < -0.4 is 11.2 Å². The van der Waals surface area contributed by atoms with Gasteiger partial charge in [-0.1, -0.05) is 6.07 Å². The largest absolute Gasteiger partial charge is 0.493 e. The molecule has 31 heavy (non-hydrogen) atoms. The van der Waals surface area contributed by atoms with Crippen molar-refractivity contribution in [3.8, 4) is 5.88 Å². The van der Waals surface area contributed by atoms with Gasteiger partial charge in [0.1, 0.15) is 0 Å². The van der Waals surface area contributed by atoms with Crippen molar-refractivity contribution in [2.24, 2.45) is 17.8 Å². The van der Waals surface area contributed by atoms with Gasteiger partial charge < -0.3 is 5.11 Å². The van der Waals surface area contributed by atoms with Gasteiger partial charge >= 0.3 is 5.69 Å². The van der Waals surface area contributed by atoms with E-state index in [0.717, 1.165) is 25.0 Å². The summed E-state index contributed by atoms with van der Waals surface area (Å²) in [6, 6.07) is 5.59. The Morgan fingerprint density at radius 2 is 1.84 bits per heavy atom. The van der Waals surface area contributed by atoms with Crippen LogP contribution in [0.4, 0.5) is 0 Å². The summed E-state index contributed by atoms with van der Waals surface area (Å²) in [4.78, 5) is 29.5. The molecule has 166 valence electrons. The molecule has 2 aromatic heterocycles. The minimum absolute atomic E-state index is 0.0484. The highest BCUT2D eigenvalue weighted by Crippen LogP contribution is 2.59. The van der Waals surface area contributed by atoms with Crippen LogP contribution in [0.1, 0.15) is 62.8 Å². The Kier molecular flexibility index (Phi) is 5.12. The fraction of sp³-hybridized carbons (Fsp3) is 0.609. The average molecular weight is 427 g/mol. The van der Waals surface area contributed by atoms with Crippen LogP contribution in [0, 0.1) is 17.8 Å². The summed E-state index contributed by atoms with van der Waals surface area (Å²) in [5, 5.41) is 20.1. The molecule has 2 heterocycles. The fourth-order valence-electron chi connectivity index (χ4n) is 6.88. The van der Waals surface area contributed by atoms with Gasteiger partial charge in [-0.25, -0.2) is 10.3 Å². The number of imidazole rings is 1. The van der Waals surface area contributed by atoms with Crippen molar-refractivity contribution >= 4 is 5.91 Å². The molecule has 0 atom stereocenters. The van der Waals surface area contributed by atoms with Gasteiger partial charge in [-0.15, -0.1) is 0 Å². The predicted octanol–water partition coefficient (Wildman–Crippen LogP) is 2.55. The Bertz CT molecular complexity index is 991. The van der Waals surface area contributed by atoms with Gasteiger partial charge in [-0.05, 0) is 81.3 Å². The summed E-state index contributed by atoms with van der Waals surface area (Å²) in [5.74, 6) is 1.51. The Morgan fingerprint density at radius 1 is 1.16 bits per heavy atom. The van der Waals surface area contributed by atoms with E-state index in [2.05, 4.69) is 4.98 Å². The number of hydroxylamine groups is 1. The van der Waals surface area contributed by atoms with Gasteiger partial charge in [0.25, 0.3) is 0 Å². The molecule has 0 saturated heterocycles. The number of carbonyl (C=O) groups excluding carboxylic acids is 1. The van der Waals surface area contributed by atoms with Crippen LogP contribution in [0.5, 0.6) is 5.88 Å². The summed E-state index contributed by atoms with van der Waals surface area (Å²) in [5.41, 5.74) is 2.48. The third kappa shape index (κ3) is 3.56.